The molecule has 0 bridgehead atoms. The normalized spacial score (nSPS) is 10.9. The molecule has 0 spiro atoms. The first-order valence-corrected chi connectivity index (χ1v) is 7.52. The van der Waals surface area contributed by atoms with Gasteiger partial charge in [0.05, 0.1) is 6.54 Å². The lowest BCUT2D eigenvalue weighted by Gasteiger charge is -2.08. The fourth-order valence-electron chi connectivity index (χ4n) is 2.17. The number of fused-ring (bicyclic) bond motifs is 1. The van der Waals surface area contributed by atoms with Gasteiger partial charge in [0.2, 0.25) is 0 Å². The Balaban J connectivity index is 1.69. The molecule has 0 fully saturated rings. The minimum absolute atomic E-state index is 0.618. The summed E-state index contributed by atoms with van der Waals surface area (Å²) in [5.41, 5.74) is 1.13. The van der Waals surface area contributed by atoms with Gasteiger partial charge < -0.3 is 9.30 Å². The van der Waals surface area contributed by atoms with Crippen LogP contribution in [-0.4, -0.2) is 11.2 Å². The van der Waals surface area contributed by atoms with E-state index >= 15 is 0 Å². The SMILES string of the molecule is Clc1ccc2ccn(CCOc3cccc(Br)c3)c2c1. The van der Waals surface area contributed by atoms with Gasteiger partial charge in [-0.1, -0.05) is 39.7 Å². The van der Waals surface area contributed by atoms with Crippen molar-refractivity contribution in [1.29, 1.82) is 0 Å². The van der Waals surface area contributed by atoms with Crippen molar-refractivity contribution in [2.75, 3.05) is 6.61 Å². The molecule has 4 heteroatoms. The molecule has 0 amide bonds. The van der Waals surface area contributed by atoms with Crippen LogP contribution in [0.3, 0.4) is 0 Å². The maximum absolute atomic E-state index is 6.05. The summed E-state index contributed by atoms with van der Waals surface area (Å²) >= 11 is 9.48. The van der Waals surface area contributed by atoms with E-state index in [1.165, 1.54) is 5.39 Å². The van der Waals surface area contributed by atoms with Gasteiger partial charge in [0.25, 0.3) is 0 Å². The first kappa shape index (κ1) is 13.5. The molecular formula is C16H13BrClNO. The van der Waals surface area contributed by atoms with E-state index in [4.69, 9.17) is 16.3 Å². The van der Waals surface area contributed by atoms with E-state index in [0.29, 0.717) is 6.61 Å². The van der Waals surface area contributed by atoms with Gasteiger partial charge in [-0.25, -0.2) is 0 Å². The first-order chi connectivity index (χ1) is 9.72. The van der Waals surface area contributed by atoms with Gasteiger partial charge >= 0.3 is 0 Å². The predicted octanol–water partition coefficient (Wildman–Crippen LogP) is 5.14. The topological polar surface area (TPSA) is 14.2 Å². The Morgan fingerprint density at radius 3 is 2.85 bits per heavy atom. The number of halogens is 2. The van der Waals surface area contributed by atoms with E-state index in [-0.39, 0.29) is 0 Å². The van der Waals surface area contributed by atoms with Crippen molar-refractivity contribution in [2.24, 2.45) is 0 Å². The maximum Gasteiger partial charge on any atom is 0.120 e. The number of aromatic nitrogens is 1. The summed E-state index contributed by atoms with van der Waals surface area (Å²) in [4.78, 5) is 0. The molecule has 0 atom stereocenters. The molecule has 20 heavy (non-hydrogen) atoms. The summed E-state index contributed by atoms with van der Waals surface area (Å²) in [7, 11) is 0. The molecule has 0 radical (unpaired) electrons. The van der Waals surface area contributed by atoms with Crippen LogP contribution in [0.15, 0.2) is 59.2 Å². The monoisotopic (exact) mass is 349 g/mol. The van der Waals surface area contributed by atoms with Gasteiger partial charge in [-0.15, -0.1) is 0 Å². The van der Waals surface area contributed by atoms with Crippen LogP contribution in [0.1, 0.15) is 0 Å². The molecular weight excluding hydrogens is 338 g/mol. The van der Waals surface area contributed by atoms with Crippen molar-refractivity contribution in [3.63, 3.8) is 0 Å². The minimum atomic E-state index is 0.618. The molecule has 0 saturated heterocycles. The van der Waals surface area contributed by atoms with Crippen molar-refractivity contribution in [3.05, 3.63) is 64.2 Å². The van der Waals surface area contributed by atoms with E-state index in [1.807, 2.05) is 42.5 Å². The van der Waals surface area contributed by atoms with Crippen molar-refractivity contribution in [1.82, 2.24) is 4.57 Å². The van der Waals surface area contributed by atoms with Crippen LogP contribution in [0, 0.1) is 0 Å². The lowest BCUT2D eigenvalue weighted by molar-refractivity contribution is 0.300. The third-order valence-electron chi connectivity index (χ3n) is 3.13. The summed E-state index contributed by atoms with van der Waals surface area (Å²) in [6.45, 7) is 1.41. The smallest absolute Gasteiger partial charge is 0.120 e. The zero-order valence-corrected chi connectivity index (χ0v) is 13.1. The van der Waals surface area contributed by atoms with Gasteiger partial charge in [0.1, 0.15) is 12.4 Å². The highest BCUT2D eigenvalue weighted by Crippen LogP contribution is 2.21. The van der Waals surface area contributed by atoms with Gasteiger partial charge in [0.15, 0.2) is 0 Å². The van der Waals surface area contributed by atoms with E-state index < -0.39 is 0 Å². The van der Waals surface area contributed by atoms with Crippen molar-refractivity contribution < 1.29 is 4.74 Å². The third-order valence-corrected chi connectivity index (χ3v) is 3.86. The zero-order chi connectivity index (χ0) is 13.9. The molecule has 2 nitrogen and oxygen atoms in total. The molecule has 0 aliphatic carbocycles. The highest BCUT2D eigenvalue weighted by Gasteiger charge is 2.02. The quantitative estimate of drug-likeness (QED) is 0.636. The number of hydrogen-bond donors (Lipinski definition) is 0. The lowest BCUT2D eigenvalue weighted by Crippen LogP contribution is -2.07. The lowest BCUT2D eigenvalue weighted by atomic mass is 10.2. The molecule has 0 saturated carbocycles. The first-order valence-electron chi connectivity index (χ1n) is 6.35. The second kappa shape index (κ2) is 5.90. The average Bonchev–Trinajstić information content (AvgIpc) is 2.82. The Labute approximate surface area is 131 Å². The summed E-state index contributed by atoms with van der Waals surface area (Å²) in [6.07, 6.45) is 2.06. The van der Waals surface area contributed by atoms with Crippen LogP contribution >= 0.6 is 27.5 Å². The highest BCUT2D eigenvalue weighted by molar-refractivity contribution is 9.10. The van der Waals surface area contributed by atoms with E-state index in [1.54, 1.807) is 0 Å². The molecule has 0 N–H and O–H groups in total. The van der Waals surface area contributed by atoms with Gasteiger partial charge in [-0.2, -0.15) is 0 Å². The van der Waals surface area contributed by atoms with Crippen LogP contribution in [0.25, 0.3) is 10.9 Å². The molecule has 2 aromatic carbocycles. The van der Waals surface area contributed by atoms with E-state index in [2.05, 4.69) is 32.8 Å². The summed E-state index contributed by atoms with van der Waals surface area (Å²) in [5.74, 6) is 0.869. The van der Waals surface area contributed by atoms with Gasteiger partial charge in [-0.05, 0) is 41.8 Å². The molecule has 3 rings (SSSR count). The number of nitrogens with zero attached hydrogens (tertiary/aromatic N) is 1. The van der Waals surface area contributed by atoms with Gasteiger partial charge in [-0.3, -0.25) is 0 Å². The van der Waals surface area contributed by atoms with Gasteiger partial charge in [0, 0.05) is 21.2 Å². The molecule has 0 aliphatic heterocycles. The molecule has 3 aromatic rings. The number of ether oxygens (including phenoxy) is 1. The Hall–Kier alpha value is -1.45. The standard InChI is InChI=1S/C16H13BrClNO/c17-13-2-1-3-15(10-13)20-9-8-19-7-6-12-4-5-14(18)11-16(12)19/h1-7,10-11H,8-9H2. The maximum atomic E-state index is 6.05. The molecule has 102 valence electrons. The largest absolute Gasteiger partial charge is 0.492 e. The molecule has 1 heterocycles. The van der Waals surface area contributed by atoms with Crippen molar-refractivity contribution in [3.8, 4) is 5.75 Å². The zero-order valence-electron chi connectivity index (χ0n) is 10.7. The number of hydrogen-bond acceptors (Lipinski definition) is 1. The van der Waals surface area contributed by atoms with Crippen LogP contribution in [-0.2, 0) is 6.54 Å². The molecule has 0 aliphatic rings. The summed E-state index contributed by atoms with van der Waals surface area (Å²) < 4.78 is 8.93. The fourth-order valence-corrected chi connectivity index (χ4v) is 2.72. The summed E-state index contributed by atoms with van der Waals surface area (Å²) in [6, 6.07) is 15.9. The van der Waals surface area contributed by atoms with E-state index in [9.17, 15) is 0 Å². The van der Waals surface area contributed by atoms with Crippen LogP contribution in [0.4, 0.5) is 0 Å². The van der Waals surface area contributed by atoms with Crippen molar-refractivity contribution >= 4 is 38.4 Å². The third kappa shape index (κ3) is 3.00. The fraction of sp³-hybridized carbons (Fsp3) is 0.125. The Morgan fingerprint density at radius 2 is 2.00 bits per heavy atom. The predicted molar refractivity (Wildman–Crippen MR) is 86.6 cm³/mol. The second-order valence-electron chi connectivity index (χ2n) is 4.52. The highest BCUT2D eigenvalue weighted by atomic mass is 79.9. The molecule has 0 unspecified atom stereocenters. The summed E-state index contributed by atoms with van der Waals surface area (Å²) in [5, 5.41) is 1.95. The molecule has 1 aromatic heterocycles. The number of benzene rings is 2. The Bertz CT molecular complexity index is 738. The second-order valence-corrected chi connectivity index (χ2v) is 5.87. The van der Waals surface area contributed by atoms with Crippen LogP contribution in [0.5, 0.6) is 5.75 Å². The minimum Gasteiger partial charge on any atom is -0.492 e. The Morgan fingerprint density at radius 1 is 1.10 bits per heavy atom. The Kier molecular flexibility index (Phi) is 3.99. The van der Waals surface area contributed by atoms with Crippen LogP contribution in [0.2, 0.25) is 5.02 Å². The van der Waals surface area contributed by atoms with E-state index in [0.717, 1.165) is 27.3 Å². The van der Waals surface area contributed by atoms with Crippen LogP contribution < -0.4 is 4.74 Å². The average molecular weight is 351 g/mol. The van der Waals surface area contributed by atoms with Crippen molar-refractivity contribution in [2.45, 2.75) is 6.54 Å². The number of rotatable bonds is 4.